The van der Waals surface area contributed by atoms with Gasteiger partial charge in [0.05, 0.1) is 0 Å². The van der Waals surface area contributed by atoms with E-state index in [1.54, 1.807) is 0 Å². The highest BCUT2D eigenvalue weighted by molar-refractivity contribution is 5.93. The molecule has 0 heterocycles. The Morgan fingerprint density at radius 1 is 1.20 bits per heavy atom. The third-order valence-corrected chi connectivity index (χ3v) is 3.30. The Morgan fingerprint density at radius 2 is 1.80 bits per heavy atom. The van der Waals surface area contributed by atoms with E-state index < -0.39 is 0 Å². The van der Waals surface area contributed by atoms with Crippen LogP contribution in [0.3, 0.4) is 0 Å². The van der Waals surface area contributed by atoms with Gasteiger partial charge < -0.3 is 16.0 Å². The molecule has 0 atom stereocenters. The average molecular weight is 276 g/mol. The summed E-state index contributed by atoms with van der Waals surface area (Å²) in [6, 6.07) is 6.38. The van der Waals surface area contributed by atoms with E-state index in [4.69, 9.17) is 5.73 Å². The van der Waals surface area contributed by atoms with Crippen LogP contribution in [0.25, 0.3) is 0 Å². The summed E-state index contributed by atoms with van der Waals surface area (Å²) in [6.45, 7) is 6.10. The molecule has 0 aromatic heterocycles. The van der Waals surface area contributed by atoms with Gasteiger partial charge in [-0.25, -0.2) is 0 Å². The monoisotopic (exact) mass is 276 g/mol. The van der Waals surface area contributed by atoms with Crippen LogP contribution >= 0.6 is 0 Å². The van der Waals surface area contributed by atoms with Gasteiger partial charge in [-0.2, -0.15) is 0 Å². The number of nitrogens with two attached hydrogens (primary N) is 1. The molecule has 4 nitrogen and oxygen atoms in total. The lowest BCUT2D eigenvalue weighted by molar-refractivity contribution is 0.403. The zero-order valence-electron chi connectivity index (χ0n) is 13.2. The van der Waals surface area contributed by atoms with Gasteiger partial charge in [0, 0.05) is 12.2 Å². The molecule has 0 fully saturated rings. The van der Waals surface area contributed by atoms with Crippen LogP contribution in [0.2, 0.25) is 0 Å². The number of hydrogen-bond donors (Lipinski definition) is 2. The number of aryl methyl sites for hydroxylation is 2. The van der Waals surface area contributed by atoms with Crippen LogP contribution in [0.5, 0.6) is 0 Å². The first-order chi connectivity index (χ1) is 9.58. The molecule has 0 aliphatic heterocycles. The number of hydrogen-bond acceptors (Lipinski definition) is 2. The number of benzene rings is 1. The summed E-state index contributed by atoms with van der Waals surface area (Å²) in [6.07, 6.45) is 3.00. The van der Waals surface area contributed by atoms with Crippen LogP contribution in [0.1, 0.15) is 31.4 Å². The van der Waals surface area contributed by atoms with Gasteiger partial charge in [0.2, 0.25) is 0 Å². The molecule has 0 aliphatic carbocycles. The first kappa shape index (κ1) is 16.5. The summed E-state index contributed by atoms with van der Waals surface area (Å²) >= 11 is 0. The van der Waals surface area contributed by atoms with Crippen LogP contribution in [-0.4, -0.2) is 38.0 Å². The number of guanidine groups is 1. The highest BCUT2D eigenvalue weighted by atomic mass is 15.1. The summed E-state index contributed by atoms with van der Waals surface area (Å²) in [7, 11) is 4.13. The van der Waals surface area contributed by atoms with E-state index in [9.17, 15) is 0 Å². The van der Waals surface area contributed by atoms with Crippen molar-refractivity contribution in [1.29, 1.82) is 0 Å². The van der Waals surface area contributed by atoms with E-state index in [-0.39, 0.29) is 0 Å². The van der Waals surface area contributed by atoms with Crippen molar-refractivity contribution in [3.05, 3.63) is 29.3 Å². The van der Waals surface area contributed by atoms with Gasteiger partial charge in [0.1, 0.15) is 0 Å². The summed E-state index contributed by atoms with van der Waals surface area (Å²) < 4.78 is 0. The molecule has 1 aromatic carbocycles. The third-order valence-electron chi connectivity index (χ3n) is 3.30. The maximum absolute atomic E-state index is 6.00. The number of para-hydroxylation sites is 1. The first-order valence-electron chi connectivity index (χ1n) is 7.40. The number of aliphatic imine (C=N–C) groups is 1. The predicted molar refractivity (Wildman–Crippen MR) is 88.5 cm³/mol. The Morgan fingerprint density at radius 3 is 2.30 bits per heavy atom. The van der Waals surface area contributed by atoms with Crippen LogP contribution in [0.4, 0.5) is 5.69 Å². The van der Waals surface area contributed by atoms with Crippen molar-refractivity contribution in [1.82, 2.24) is 4.90 Å². The Labute approximate surface area is 123 Å². The van der Waals surface area contributed by atoms with Gasteiger partial charge in [0.25, 0.3) is 0 Å². The molecule has 0 bridgehead atoms. The van der Waals surface area contributed by atoms with Gasteiger partial charge in [-0.1, -0.05) is 32.0 Å². The molecule has 0 spiro atoms. The van der Waals surface area contributed by atoms with E-state index in [2.05, 4.69) is 61.4 Å². The molecule has 0 radical (unpaired) electrons. The van der Waals surface area contributed by atoms with Crippen molar-refractivity contribution in [2.24, 2.45) is 10.7 Å². The maximum Gasteiger partial charge on any atom is 0.193 e. The molecule has 0 saturated heterocycles. The minimum Gasteiger partial charge on any atom is -0.370 e. The molecule has 0 saturated carbocycles. The zero-order valence-corrected chi connectivity index (χ0v) is 13.2. The average Bonchev–Trinajstić information content (AvgIpc) is 2.43. The van der Waals surface area contributed by atoms with Crippen molar-refractivity contribution in [2.75, 3.05) is 32.5 Å². The smallest absolute Gasteiger partial charge is 0.193 e. The molecule has 1 rings (SSSR count). The van der Waals surface area contributed by atoms with Crippen LogP contribution in [0, 0.1) is 0 Å². The molecule has 112 valence electrons. The Hall–Kier alpha value is -1.55. The van der Waals surface area contributed by atoms with E-state index in [1.807, 2.05) is 0 Å². The lowest BCUT2D eigenvalue weighted by atomic mass is 10.0. The number of anilines is 1. The summed E-state index contributed by atoms with van der Waals surface area (Å²) in [5.74, 6) is 0.513. The zero-order chi connectivity index (χ0) is 15.0. The van der Waals surface area contributed by atoms with Crippen molar-refractivity contribution in [2.45, 2.75) is 33.1 Å². The normalized spacial score (nSPS) is 11.9. The standard InChI is InChI=1S/C16H28N4/c1-5-13-9-7-10-14(6-2)15(13)19-16(17)18-11-8-12-20(3)4/h7,9-10H,5-6,8,11-12H2,1-4H3,(H3,17,18,19). The molecule has 0 unspecified atom stereocenters. The SMILES string of the molecule is CCc1cccc(CC)c1NC(N)=NCCCN(C)C. The summed E-state index contributed by atoms with van der Waals surface area (Å²) in [5.41, 5.74) is 9.70. The van der Waals surface area contributed by atoms with Crippen molar-refractivity contribution < 1.29 is 0 Å². The Kier molecular flexibility index (Phi) is 7.09. The van der Waals surface area contributed by atoms with Gasteiger partial charge >= 0.3 is 0 Å². The minimum absolute atomic E-state index is 0.513. The highest BCUT2D eigenvalue weighted by Gasteiger charge is 2.06. The number of nitrogens with one attached hydrogen (secondary N) is 1. The van der Waals surface area contributed by atoms with Crippen molar-refractivity contribution in [3.63, 3.8) is 0 Å². The summed E-state index contributed by atoms with van der Waals surface area (Å²) in [5, 5.41) is 3.28. The van der Waals surface area contributed by atoms with Crippen molar-refractivity contribution >= 4 is 11.6 Å². The second-order valence-electron chi connectivity index (χ2n) is 5.21. The fourth-order valence-corrected chi connectivity index (χ4v) is 2.16. The van der Waals surface area contributed by atoms with Crippen LogP contribution in [-0.2, 0) is 12.8 Å². The Balaban J connectivity index is 2.69. The highest BCUT2D eigenvalue weighted by Crippen LogP contribution is 2.22. The lowest BCUT2D eigenvalue weighted by Crippen LogP contribution is -2.25. The van der Waals surface area contributed by atoms with Gasteiger partial charge in [0.15, 0.2) is 5.96 Å². The molecular formula is C16H28N4. The molecular weight excluding hydrogens is 248 g/mol. The molecule has 4 heteroatoms. The molecule has 3 N–H and O–H groups in total. The fourth-order valence-electron chi connectivity index (χ4n) is 2.16. The van der Waals surface area contributed by atoms with Crippen LogP contribution in [0.15, 0.2) is 23.2 Å². The molecule has 0 amide bonds. The van der Waals surface area contributed by atoms with E-state index in [0.717, 1.165) is 38.0 Å². The molecule has 1 aromatic rings. The van der Waals surface area contributed by atoms with Gasteiger partial charge in [-0.15, -0.1) is 0 Å². The minimum atomic E-state index is 0.513. The third kappa shape index (κ3) is 5.21. The number of nitrogens with zero attached hydrogens (tertiary/aromatic N) is 2. The Bertz CT molecular complexity index is 416. The molecule has 20 heavy (non-hydrogen) atoms. The van der Waals surface area contributed by atoms with Gasteiger partial charge in [-0.05, 0) is 51.0 Å². The maximum atomic E-state index is 6.00. The summed E-state index contributed by atoms with van der Waals surface area (Å²) in [4.78, 5) is 6.55. The fraction of sp³-hybridized carbons (Fsp3) is 0.562. The predicted octanol–water partition coefficient (Wildman–Crippen LogP) is 2.49. The molecule has 0 aliphatic rings. The number of rotatable bonds is 7. The largest absolute Gasteiger partial charge is 0.370 e. The first-order valence-corrected chi connectivity index (χ1v) is 7.40. The second-order valence-corrected chi connectivity index (χ2v) is 5.21. The quantitative estimate of drug-likeness (QED) is 0.457. The second kappa shape index (κ2) is 8.59. The van der Waals surface area contributed by atoms with E-state index in [1.165, 1.54) is 11.1 Å². The van der Waals surface area contributed by atoms with E-state index >= 15 is 0 Å². The lowest BCUT2D eigenvalue weighted by Gasteiger charge is -2.15. The topological polar surface area (TPSA) is 53.6 Å². The van der Waals surface area contributed by atoms with Crippen molar-refractivity contribution in [3.8, 4) is 0 Å². The van der Waals surface area contributed by atoms with E-state index in [0.29, 0.717) is 5.96 Å². The van der Waals surface area contributed by atoms with Gasteiger partial charge in [-0.3, -0.25) is 4.99 Å². The van der Waals surface area contributed by atoms with Crippen LogP contribution < -0.4 is 11.1 Å².